The topological polar surface area (TPSA) is 12.0 Å². The second-order valence-electron chi connectivity index (χ2n) is 4.27. The van der Waals surface area contributed by atoms with Crippen molar-refractivity contribution in [2.75, 3.05) is 13.1 Å². The van der Waals surface area contributed by atoms with Gasteiger partial charge >= 0.3 is 0 Å². The highest BCUT2D eigenvalue weighted by molar-refractivity contribution is 6.31. The number of hydrogen-bond acceptors (Lipinski definition) is 1. The first-order chi connectivity index (χ1) is 7.66. The SMILES string of the molecule is Fc1cc(Cl)c(CC2CCCNC2)cc1F. The normalized spacial score (nSPS) is 21.1. The van der Waals surface area contributed by atoms with E-state index in [1.807, 2.05) is 0 Å². The van der Waals surface area contributed by atoms with Gasteiger partial charge in [-0.3, -0.25) is 0 Å². The molecule has 0 spiro atoms. The lowest BCUT2D eigenvalue weighted by atomic mass is 9.92. The standard InChI is InChI=1S/C12H14ClF2N/c13-10-6-12(15)11(14)5-9(10)4-8-2-1-3-16-7-8/h5-6,8,16H,1-4,7H2. The van der Waals surface area contributed by atoms with Crippen LogP contribution in [0.3, 0.4) is 0 Å². The van der Waals surface area contributed by atoms with Gasteiger partial charge in [0.15, 0.2) is 11.6 Å². The van der Waals surface area contributed by atoms with Gasteiger partial charge in [0, 0.05) is 5.02 Å². The predicted molar refractivity (Wildman–Crippen MR) is 60.7 cm³/mol. The number of nitrogens with one attached hydrogen (secondary N) is 1. The molecule has 0 saturated carbocycles. The Morgan fingerprint density at radius 1 is 1.31 bits per heavy atom. The van der Waals surface area contributed by atoms with Crippen molar-refractivity contribution in [3.8, 4) is 0 Å². The van der Waals surface area contributed by atoms with Gasteiger partial charge in [-0.2, -0.15) is 0 Å². The van der Waals surface area contributed by atoms with Gasteiger partial charge in [0.2, 0.25) is 0 Å². The molecule has 1 fully saturated rings. The third-order valence-corrected chi connectivity index (χ3v) is 3.35. The summed E-state index contributed by atoms with van der Waals surface area (Å²) in [5.41, 5.74) is 0.703. The van der Waals surface area contributed by atoms with Gasteiger partial charge in [-0.1, -0.05) is 11.6 Å². The van der Waals surface area contributed by atoms with E-state index in [1.54, 1.807) is 0 Å². The summed E-state index contributed by atoms with van der Waals surface area (Å²) >= 11 is 5.89. The minimum atomic E-state index is -0.879. The molecule has 1 nitrogen and oxygen atoms in total. The van der Waals surface area contributed by atoms with E-state index in [1.165, 1.54) is 6.07 Å². The minimum Gasteiger partial charge on any atom is -0.316 e. The number of halogens is 3. The Morgan fingerprint density at radius 2 is 2.06 bits per heavy atom. The van der Waals surface area contributed by atoms with Crippen molar-refractivity contribution in [2.45, 2.75) is 19.3 Å². The molecule has 4 heteroatoms. The molecule has 1 atom stereocenters. The van der Waals surface area contributed by atoms with Crippen molar-refractivity contribution in [1.82, 2.24) is 5.32 Å². The van der Waals surface area contributed by atoms with Crippen LogP contribution in [0.1, 0.15) is 18.4 Å². The second kappa shape index (κ2) is 5.11. The van der Waals surface area contributed by atoms with Crippen LogP contribution in [0.2, 0.25) is 5.02 Å². The summed E-state index contributed by atoms with van der Waals surface area (Å²) in [6.07, 6.45) is 2.96. The monoisotopic (exact) mass is 245 g/mol. The molecule has 88 valence electrons. The smallest absolute Gasteiger partial charge is 0.160 e. The van der Waals surface area contributed by atoms with Crippen LogP contribution in [0.15, 0.2) is 12.1 Å². The minimum absolute atomic E-state index is 0.324. The van der Waals surface area contributed by atoms with Gasteiger partial charge in [-0.05, 0) is 56.0 Å². The lowest BCUT2D eigenvalue weighted by Crippen LogP contribution is -2.30. The van der Waals surface area contributed by atoms with E-state index >= 15 is 0 Å². The highest BCUT2D eigenvalue weighted by Gasteiger charge is 2.16. The Kier molecular flexibility index (Phi) is 3.77. The summed E-state index contributed by atoms with van der Waals surface area (Å²) < 4.78 is 25.9. The van der Waals surface area contributed by atoms with Gasteiger partial charge in [0.1, 0.15) is 0 Å². The fraction of sp³-hybridized carbons (Fsp3) is 0.500. The second-order valence-corrected chi connectivity index (χ2v) is 4.68. The largest absolute Gasteiger partial charge is 0.316 e. The molecule has 0 aromatic heterocycles. The van der Waals surface area contributed by atoms with Crippen LogP contribution in [0.4, 0.5) is 8.78 Å². The zero-order chi connectivity index (χ0) is 11.5. The molecular weight excluding hydrogens is 232 g/mol. The van der Waals surface area contributed by atoms with Gasteiger partial charge < -0.3 is 5.32 Å². The van der Waals surface area contributed by atoms with E-state index in [-0.39, 0.29) is 0 Å². The van der Waals surface area contributed by atoms with Crippen LogP contribution in [-0.2, 0) is 6.42 Å². The van der Waals surface area contributed by atoms with Crippen LogP contribution in [0, 0.1) is 17.6 Å². The Labute approximate surface area is 98.8 Å². The summed E-state index contributed by atoms with van der Waals surface area (Å²) in [6.45, 7) is 1.97. The van der Waals surface area contributed by atoms with Crippen molar-refractivity contribution in [3.05, 3.63) is 34.4 Å². The molecule has 1 N–H and O–H groups in total. The number of hydrogen-bond donors (Lipinski definition) is 1. The van der Waals surface area contributed by atoms with Gasteiger partial charge in [0.25, 0.3) is 0 Å². The van der Waals surface area contributed by atoms with Crippen LogP contribution >= 0.6 is 11.6 Å². The summed E-state index contributed by atoms with van der Waals surface area (Å²) in [6, 6.07) is 2.27. The zero-order valence-electron chi connectivity index (χ0n) is 8.90. The quantitative estimate of drug-likeness (QED) is 0.790. The number of piperidine rings is 1. The third-order valence-electron chi connectivity index (χ3n) is 3.00. The van der Waals surface area contributed by atoms with Crippen molar-refractivity contribution in [2.24, 2.45) is 5.92 Å². The molecule has 1 aromatic rings. The average Bonchev–Trinajstić information content (AvgIpc) is 2.27. The lowest BCUT2D eigenvalue weighted by Gasteiger charge is -2.23. The summed E-state index contributed by atoms with van der Waals surface area (Å²) in [5.74, 6) is -1.23. The first-order valence-corrected chi connectivity index (χ1v) is 5.89. The first-order valence-electron chi connectivity index (χ1n) is 5.51. The molecule has 1 heterocycles. The van der Waals surface area contributed by atoms with E-state index < -0.39 is 11.6 Å². The fourth-order valence-electron chi connectivity index (χ4n) is 2.13. The fourth-order valence-corrected chi connectivity index (χ4v) is 2.36. The molecule has 0 aliphatic carbocycles. The van der Waals surface area contributed by atoms with Crippen molar-refractivity contribution in [3.63, 3.8) is 0 Å². The van der Waals surface area contributed by atoms with E-state index in [0.717, 1.165) is 32.0 Å². The predicted octanol–water partition coefficient (Wildman–Crippen LogP) is 3.16. The molecule has 1 unspecified atom stereocenters. The number of benzene rings is 1. The zero-order valence-corrected chi connectivity index (χ0v) is 9.66. The third kappa shape index (κ3) is 2.71. The van der Waals surface area contributed by atoms with E-state index in [2.05, 4.69) is 5.32 Å². The van der Waals surface area contributed by atoms with Crippen molar-refractivity contribution >= 4 is 11.6 Å². The summed E-state index contributed by atoms with van der Waals surface area (Å²) in [5, 5.41) is 3.61. The first kappa shape index (κ1) is 11.8. The van der Waals surface area contributed by atoms with Crippen LogP contribution in [-0.4, -0.2) is 13.1 Å². The van der Waals surface area contributed by atoms with Crippen LogP contribution in [0.25, 0.3) is 0 Å². The molecule has 1 aliphatic heterocycles. The summed E-state index contributed by atoms with van der Waals surface area (Å²) in [4.78, 5) is 0. The molecule has 0 radical (unpaired) electrons. The van der Waals surface area contributed by atoms with E-state index in [0.29, 0.717) is 22.9 Å². The van der Waals surface area contributed by atoms with Crippen molar-refractivity contribution in [1.29, 1.82) is 0 Å². The Hall–Kier alpha value is -0.670. The lowest BCUT2D eigenvalue weighted by molar-refractivity contribution is 0.375. The van der Waals surface area contributed by atoms with E-state index in [4.69, 9.17) is 11.6 Å². The Balaban J connectivity index is 2.11. The maximum Gasteiger partial charge on any atom is 0.160 e. The van der Waals surface area contributed by atoms with Gasteiger partial charge in [0.05, 0.1) is 0 Å². The highest BCUT2D eigenvalue weighted by atomic mass is 35.5. The highest BCUT2D eigenvalue weighted by Crippen LogP contribution is 2.24. The molecule has 1 aromatic carbocycles. The average molecular weight is 246 g/mol. The molecule has 1 aliphatic rings. The van der Waals surface area contributed by atoms with Crippen LogP contribution < -0.4 is 5.32 Å². The van der Waals surface area contributed by atoms with Crippen LogP contribution in [0.5, 0.6) is 0 Å². The maximum absolute atomic E-state index is 13.1. The molecular formula is C12H14ClF2N. The Morgan fingerprint density at radius 3 is 2.75 bits per heavy atom. The van der Waals surface area contributed by atoms with Crippen molar-refractivity contribution < 1.29 is 8.78 Å². The maximum atomic E-state index is 13.1. The molecule has 2 rings (SSSR count). The van der Waals surface area contributed by atoms with Gasteiger partial charge in [-0.25, -0.2) is 8.78 Å². The van der Waals surface area contributed by atoms with Gasteiger partial charge in [-0.15, -0.1) is 0 Å². The Bertz CT molecular complexity index is 376. The number of rotatable bonds is 2. The summed E-state index contributed by atoms with van der Waals surface area (Å²) in [7, 11) is 0. The molecule has 1 saturated heterocycles. The molecule has 0 amide bonds. The molecule has 0 bridgehead atoms. The van der Waals surface area contributed by atoms with E-state index in [9.17, 15) is 8.78 Å². The molecule has 16 heavy (non-hydrogen) atoms.